The van der Waals surface area contributed by atoms with E-state index >= 15 is 0 Å². The van der Waals surface area contributed by atoms with E-state index in [9.17, 15) is 9.59 Å². The number of carbonyl (C=O) groups excluding carboxylic acids is 2. The number of hydrazone groups is 1. The van der Waals surface area contributed by atoms with Gasteiger partial charge in [-0.2, -0.15) is 5.10 Å². The highest BCUT2D eigenvalue weighted by atomic mass is 35.5. The maximum atomic E-state index is 13.5. The third-order valence-electron chi connectivity index (χ3n) is 6.09. The maximum absolute atomic E-state index is 13.5. The van der Waals surface area contributed by atoms with Crippen molar-refractivity contribution in [3.63, 3.8) is 0 Å². The monoisotopic (exact) mass is 435 g/mol. The molecule has 3 rings (SSSR count). The lowest BCUT2D eigenvalue weighted by atomic mass is 9.77. The van der Waals surface area contributed by atoms with Gasteiger partial charge in [0.25, 0.3) is 5.91 Å². The van der Waals surface area contributed by atoms with E-state index in [1.807, 2.05) is 25.1 Å². The molecule has 7 nitrogen and oxygen atoms in total. The minimum Gasteiger partial charge on any atom is -0.493 e. The van der Waals surface area contributed by atoms with Crippen molar-refractivity contribution in [3.8, 4) is 11.5 Å². The number of piperidine rings is 1. The lowest BCUT2D eigenvalue weighted by molar-refractivity contribution is -0.139. The Morgan fingerprint density at radius 1 is 1.23 bits per heavy atom. The minimum atomic E-state index is -0.697. The second kappa shape index (κ2) is 9.25. The zero-order valence-electron chi connectivity index (χ0n) is 18.1. The first kappa shape index (κ1) is 22.4. The number of alkyl halides is 1. The summed E-state index contributed by atoms with van der Waals surface area (Å²) in [5, 5.41) is 6.49. The second-order valence-corrected chi connectivity index (χ2v) is 8.26. The van der Waals surface area contributed by atoms with Gasteiger partial charge in [-0.25, -0.2) is 5.01 Å². The van der Waals surface area contributed by atoms with Gasteiger partial charge in [-0.15, -0.1) is 11.6 Å². The van der Waals surface area contributed by atoms with Gasteiger partial charge in [-0.3, -0.25) is 9.59 Å². The highest BCUT2D eigenvalue weighted by Gasteiger charge is 2.49. The molecular weight excluding hydrogens is 406 g/mol. The summed E-state index contributed by atoms with van der Waals surface area (Å²) in [6, 6.07) is 5.62. The van der Waals surface area contributed by atoms with Crippen LogP contribution in [0.3, 0.4) is 0 Å². The van der Waals surface area contributed by atoms with Crippen molar-refractivity contribution in [2.75, 3.05) is 33.2 Å². The fourth-order valence-corrected chi connectivity index (χ4v) is 4.56. The molecule has 1 fully saturated rings. The number of benzene rings is 1. The fourth-order valence-electron chi connectivity index (χ4n) is 4.39. The van der Waals surface area contributed by atoms with E-state index in [-0.39, 0.29) is 23.7 Å². The molecule has 164 valence electrons. The molecule has 1 saturated heterocycles. The highest BCUT2D eigenvalue weighted by molar-refractivity contribution is 6.27. The van der Waals surface area contributed by atoms with Gasteiger partial charge in [0.1, 0.15) is 5.88 Å². The maximum Gasteiger partial charge on any atom is 0.254 e. The van der Waals surface area contributed by atoms with E-state index in [2.05, 4.69) is 6.92 Å². The van der Waals surface area contributed by atoms with E-state index in [0.717, 1.165) is 17.7 Å². The van der Waals surface area contributed by atoms with Gasteiger partial charge in [0.15, 0.2) is 11.5 Å². The number of amides is 2. The average Bonchev–Trinajstić information content (AvgIpc) is 3.03. The van der Waals surface area contributed by atoms with Crippen molar-refractivity contribution in [3.05, 3.63) is 23.8 Å². The molecule has 2 aliphatic heterocycles. The van der Waals surface area contributed by atoms with Crippen LogP contribution in [0.15, 0.2) is 23.3 Å². The molecule has 30 heavy (non-hydrogen) atoms. The van der Waals surface area contributed by atoms with Gasteiger partial charge in [-0.1, -0.05) is 13.3 Å². The SMILES string of the molecule is CCCC1(C)C(=O)N(C2CCN(C(=O)CCl)CC2)N=C1c1ccc(OC)c(OC)c1. The summed E-state index contributed by atoms with van der Waals surface area (Å²) in [7, 11) is 3.19. The summed E-state index contributed by atoms with van der Waals surface area (Å²) in [6.45, 7) is 5.22. The number of likely N-dealkylation sites (tertiary alicyclic amines) is 1. The third-order valence-corrected chi connectivity index (χ3v) is 6.32. The minimum absolute atomic E-state index is 0.0104. The van der Waals surface area contributed by atoms with Crippen LogP contribution in [0, 0.1) is 5.41 Å². The lowest BCUT2D eigenvalue weighted by Crippen LogP contribution is -2.48. The summed E-state index contributed by atoms with van der Waals surface area (Å²) in [6.07, 6.45) is 2.96. The van der Waals surface area contributed by atoms with Gasteiger partial charge in [0.05, 0.1) is 31.4 Å². The molecule has 0 spiro atoms. The summed E-state index contributed by atoms with van der Waals surface area (Å²) >= 11 is 5.68. The molecule has 0 aromatic heterocycles. The van der Waals surface area contributed by atoms with Crippen LogP contribution in [0.4, 0.5) is 0 Å². The predicted molar refractivity (Wildman–Crippen MR) is 116 cm³/mol. The van der Waals surface area contributed by atoms with Crippen LogP contribution < -0.4 is 9.47 Å². The molecule has 0 aliphatic carbocycles. The molecule has 8 heteroatoms. The van der Waals surface area contributed by atoms with Crippen molar-refractivity contribution in [1.29, 1.82) is 0 Å². The van der Waals surface area contributed by atoms with Gasteiger partial charge < -0.3 is 14.4 Å². The quantitative estimate of drug-likeness (QED) is 0.616. The fraction of sp³-hybridized carbons (Fsp3) is 0.591. The first-order valence-electron chi connectivity index (χ1n) is 10.4. The highest BCUT2D eigenvalue weighted by Crippen LogP contribution is 2.40. The number of hydrogen-bond acceptors (Lipinski definition) is 5. The normalized spacial score (nSPS) is 22.3. The predicted octanol–water partition coefficient (Wildman–Crippen LogP) is 3.29. The Morgan fingerprint density at radius 2 is 1.90 bits per heavy atom. The van der Waals surface area contributed by atoms with Crippen molar-refractivity contribution < 1.29 is 19.1 Å². The second-order valence-electron chi connectivity index (χ2n) is 8.00. The Labute approximate surface area is 182 Å². The first-order chi connectivity index (χ1) is 14.4. The van der Waals surface area contributed by atoms with Crippen LogP contribution in [0.25, 0.3) is 0 Å². The number of methoxy groups -OCH3 is 2. The Balaban J connectivity index is 1.91. The molecular formula is C22H30ClN3O4. The van der Waals surface area contributed by atoms with E-state index in [1.54, 1.807) is 24.1 Å². The topological polar surface area (TPSA) is 71.4 Å². The van der Waals surface area contributed by atoms with Gasteiger partial charge in [0.2, 0.25) is 5.91 Å². The van der Waals surface area contributed by atoms with Crippen molar-refractivity contribution in [2.24, 2.45) is 10.5 Å². The third kappa shape index (κ3) is 4.00. The van der Waals surface area contributed by atoms with Crippen LogP contribution in [0.1, 0.15) is 45.1 Å². The van der Waals surface area contributed by atoms with Crippen LogP contribution in [0.2, 0.25) is 0 Å². The van der Waals surface area contributed by atoms with E-state index in [1.165, 1.54) is 0 Å². The molecule has 0 bridgehead atoms. The number of halogens is 1. The molecule has 1 aromatic rings. The van der Waals surface area contributed by atoms with Crippen LogP contribution >= 0.6 is 11.6 Å². The Hall–Kier alpha value is -2.28. The standard InChI is InChI=1S/C22H30ClN3O4/c1-5-10-22(2)20(15-6-7-17(29-3)18(13-15)30-4)24-26(21(22)28)16-8-11-25(12-9-16)19(27)14-23/h6-7,13,16H,5,8-12,14H2,1-4H3. The number of ether oxygens (including phenoxy) is 2. The molecule has 0 radical (unpaired) electrons. The summed E-state index contributed by atoms with van der Waals surface area (Å²) in [4.78, 5) is 27.1. The number of rotatable bonds is 7. The van der Waals surface area contributed by atoms with Crippen LogP contribution in [-0.4, -0.2) is 66.7 Å². The van der Waals surface area contributed by atoms with Crippen molar-refractivity contribution in [2.45, 2.75) is 45.6 Å². The summed E-state index contributed by atoms with van der Waals surface area (Å²) in [5.74, 6) is 1.19. The van der Waals surface area contributed by atoms with Crippen molar-refractivity contribution >= 4 is 29.1 Å². The molecule has 2 aliphatic rings. The average molecular weight is 436 g/mol. The zero-order chi connectivity index (χ0) is 21.9. The number of nitrogens with zero attached hydrogens (tertiary/aromatic N) is 3. The summed E-state index contributed by atoms with van der Waals surface area (Å²) in [5.41, 5.74) is 0.918. The van der Waals surface area contributed by atoms with E-state index < -0.39 is 5.41 Å². The largest absolute Gasteiger partial charge is 0.493 e. The first-order valence-corrected chi connectivity index (χ1v) is 10.9. The smallest absolute Gasteiger partial charge is 0.254 e. The molecule has 2 amide bonds. The molecule has 0 saturated carbocycles. The Kier molecular flexibility index (Phi) is 6.91. The Morgan fingerprint density at radius 3 is 2.47 bits per heavy atom. The van der Waals surface area contributed by atoms with Gasteiger partial charge >= 0.3 is 0 Å². The lowest BCUT2D eigenvalue weighted by Gasteiger charge is -2.35. The van der Waals surface area contributed by atoms with E-state index in [4.69, 9.17) is 26.2 Å². The van der Waals surface area contributed by atoms with Gasteiger partial charge in [-0.05, 0) is 44.4 Å². The van der Waals surface area contributed by atoms with Crippen molar-refractivity contribution in [1.82, 2.24) is 9.91 Å². The Bertz CT molecular complexity index is 836. The van der Waals surface area contributed by atoms with E-state index in [0.29, 0.717) is 43.9 Å². The van der Waals surface area contributed by atoms with Gasteiger partial charge in [0, 0.05) is 18.7 Å². The summed E-state index contributed by atoms with van der Waals surface area (Å²) < 4.78 is 10.8. The molecule has 0 N–H and O–H groups in total. The zero-order valence-corrected chi connectivity index (χ0v) is 18.9. The molecule has 1 unspecified atom stereocenters. The number of carbonyl (C=O) groups is 2. The molecule has 1 atom stereocenters. The molecule has 2 heterocycles. The number of hydrogen-bond donors (Lipinski definition) is 0. The van der Waals surface area contributed by atoms with Crippen LogP contribution in [-0.2, 0) is 9.59 Å². The van der Waals surface area contributed by atoms with Crippen LogP contribution in [0.5, 0.6) is 11.5 Å². The molecule has 1 aromatic carbocycles.